The molecule has 1 unspecified atom stereocenters. The number of nitrogens with zero attached hydrogens (tertiary/aromatic N) is 1. The van der Waals surface area contributed by atoms with Gasteiger partial charge in [0.15, 0.2) is 5.67 Å². The van der Waals surface area contributed by atoms with Crippen molar-refractivity contribution in [1.82, 2.24) is 4.98 Å². The maximum atomic E-state index is 15.8. The van der Waals surface area contributed by atoms with E-state index in [1.54, 1.807) is 30.3 Å². The molecule has 0 bridgehead atoms. The van der Waals surface area contributed by atoms with Crippen LogP contribution < -0.4 is 5.73 Å². The normalized spacial score (nSPS) is 19.0. The Hall–Kier alpha value is -3.25. The van der Waals surface area contributed by atoms with E-state index in [1.807, 2.05) is 0 Å². The molecule has 0 radical (unpaired) electrons. The van der Waals surface area contributed by atoms with E-state index in [-0.39, 0.29) is 33.4 Å². The fourth-order valence-corrected chi connectivity index (χ4v) is 3.69. The number of nitrogen functional groups attached to an aromatic ring is 1. The molecule has 1 aliphatic carbocycles. The molecule has 4 rings (SSSR count). The van der Waals surface area contributed by atoms with Crippen LogP contribution in [-0.2, 0) is 5.67 Å². The molecule has 3 N–H and O–H groups in total. The molecule has 2 aromatic carbocycles. The number of anilines is 1. The third-order valence-corrected chi connectivity index (χ3v) is 5.13. The largest absolute Gasteiger partial charge is 0.478 e. The summed E-state index contributed by atoms with van der Waals surface area (Å²) in [5.41, 5.74) is 3.72. The average Bonchev–Trinajstić information content (AvgIpc) is 2.67. The lowest BCUT2D eigenvalue weighted by Crippen LogP contribution is -2.25. The highest BCUT2D eigenvalue weighted by Gasteiger charge is 2.39. The van der Waals surface area contributed by atoms with Crippen LogP contribution in [-0.4, -0.2) is 16.1 Å². The molecule has 0 spiro atoms. The number of fused-ring (bicyclic) bond motifs is 1. The number of nitrogens with two attached hydrogens (primary N) is 1. The predicted octanol–water partition coefficient (Wildman–Crippen LogP) is 5.67. The van der Waals surface area contributed by atoms with E-state index in [9.17, 15) is 14.3 Å². The molecule has 29 heavy (non-hydrogen) atoms. The highest BCUT2D eigenvalue weighted by molar-refractivity contribution is 6.31. The monoisotopic (exact) mass is 412 g/mol. The van der Waals surface area contributed by atoms with E-state index >= 15 is 4.39 Å². The van der Waals surface area contributed by atoms with E-state index in [2.05, 4.69) is 4.98 Å². The molecule has 1 aliphatic rings. The molecule has 0 fully saturated rings. The first-order valence-corrected chi connectivity index (χ1v) is 9.13. The number of allylic oxidation sites excluding steroid dienone is 4. The molecule has 1 heterocycles. The Kier molecular flexibility index (Phi) is 4.59. The first-order chi connectivity index (χ1) is 13.8. The standard InChI is InChI=1S/C22H15ClF2N2O2/c23-13-6-7-17-15(10-13)18(21(28)29)19(26)20(27-17)22(25)9-8-14(16(24)11-22)12-4-2-1-3-5-12/h1-10H,11,26H2,(H,28,29). The van der Waals surface area contributed by atoms with E-state index in [0.717, 1.165) is 0 Å². The lowest BCUT2D eigenvalue weighted by atomic mass is 9.85. The number of carboxylic acids is 1. The van der Waals surface area contributed by atoms with Gasteiger partial charge in [0.25, 0.3) is 0 Å². The first kappa shape index (κ1) is 19.1. The van der Waals surface area contributed by atoms with Gasteiger partial charge in [0, 0.05) is 22.4 Å². The Labute approximate surface area is 169 Å². The molecule has 3 aromatic rings. The molecule has 0 saturated carbocycles. The van der Waals surface area contributed by atoms with Crippen molar-refractivity contribution < 1.29 is 18.7 Å². The average molecular weight is 413 g/mol. The minimum atomic E-state index is -2.38. The summed E-state index contributed by atoms with van der Waals surface area (Å²) in [6.45, 7) is 0. The molecule has 7 heteroatoms. The van der Waals surface area contributed by atoms with Crippen LogP contribution in [0.25, 0.3) is 16.5 Å². The number of benzene rings is 2. The number of carbonyl (C=O) groups is 1. The van der Waals surface area contributed by atoms with Gasteiger partial charge in [-0.15, -0.1) is 0 Å². The number of alkyl halides is 1. The summed E-state index contributed by atoms with van der Waals surface area (Å²) in [6.07, 6.45) is 1.87. The molecular weight excluding hydrogens is 398 g/mol. The van der Waals surface area contributed by atoms with Crippen molar-refractivity contribution in [3.63, 3.8) is 0 Å². The van der Waals surface area contributed by atoms with E-state index in [0.29, 0.717) is 10.6 Å². The van der Waals surface area contributed by atoms with Crippen LogP contribution in [0, 0.1) is 0 Å². The minimum Gasteiger partial charge on any atom is -0.478 e. The number of carboxylic acid groups (broad SMARTS) is 1. The van der Waals surface area contributed by atoms with Gasteiger partial charge in [0.2, 0.25) is 0 Å². The molecular formula is C22H15ClF2N2O2. The maximum Gasteiger partial charge on any atom is 0.338 e. The lowest BCUT2D eigenvalue weighted by molar-refractivity contribution is 0.0700. The van der Waals surface area contributed by atoms with Crippen molar-refractivity contribution in [2.45, 2.75) is 12.1 Å². The fraction of sp³-hybridized carbons (Fsp3) is 0.0909. The summed E-state index contributed by atoms with van der Waals surface area (Å²) < 4.78 is 30.7. The van der Waals surface area contributed by atoms with E-state index in [1.165, 1.54) is 30.4 Å². The Morgan fingerprint density at radius 3 is 2.59 bits per heavy atom. The van der Waals surface area contributed by atoms with Crippen LogP contribution >= 0.6 is 11.6 Å². The van der Waals surface area contributed by atoms with Crippen molar-refractivity contribution in [3.05, 3.63) is 88.4 Å². The molecule has 1 atom stereocenters. The van der Waals surface area contributed by atoms with Gasteiger partial charge in [0.05, 0.1) is 16.8 Å². The van der Waals surface area contributed by atoms with Gasteiger partial charge in [-0.3, -0.25) is 0 Å². The maximum absolute atomic E-state index is 15.8. The second-order valence-electron chi connectivity index (χ2n) is 6.77. The second kappa shape index (κ2) is 6.97. The number of hydrogen-bond donors (Lipinski definition) is 2. The highest BCUT2D eigenvalue weighted by atomic mass is 35.5. The summed E-state index contributed by atoms with van der Waals surface area (Å²) in [5.74, 6) is -2.02. The first-order valence-electron chi connectivity index (χ1n) is 8.75. The SMILES string of the molecule is Nc1c(C2(F)C=CC(c3ccccc3)=C(F)C2)nc2ccc(Cl)cc2c1C(=O)O. The van der Waals surface area contributed by atoms with Gasteiger partial charge < -0.3 is 10.8 Å². The zero-order valence-corrected chi connectivity index (χ0v) is 15.8. The number of pyridine rings is 1. The molecule has 0 saturated heterocycles. The van der Waals surface area contributed by atoms with Gasteiger partial charge in [-0.2, -0.15) is 0 Å². The smallest absolute Gasteiger partial charge is 0.338 e. The Bertz CT molecular complexity index is 1210. The minimum absolute atomic E-state index is 0.190. The third-order valence-electron chi connectivity index (χ3n) is 4.90. The molecule has 146 valence electrons. The number of hydrogen-bond acceptors (Lipinski definition) is 3. The van der Waals surface area contributed by atoms with Gasteiger partial charge in [-0.05, 0) is 29.8 Å². The summed E-state index contributed by atoms with van der Waals surface area (Å²) in [5, 5.41) is 10.1. The molecule has 1 aromatic heterocycles. The van der Waals surface area contributed by atoms with E-state index < -0.39 is 23.9 Å². The summed E-state index contributed by atoms with van der Waals surface area (Å²) in [7, 11) is 0. The third kappa shape index (κ3) is 3.25. The van der Waals surface area contributed by atoms with Crippen LogP contribution in [0.2, 0.25) is 5.02 Å². The zero-order valence-electron chi connectivity index (χ0n) is 15.0. The van der Waals surface area contributed by atoms with Crippen molar-refractivity contribution in [3.8, 4) is 0 Å². The van der Waals surface area contributed by atoms with Crippen molar-refractivity contribution in [2.75, 3.05) is 5.73 Å². The summed E-state index contributed by atoms with van der Waals surface area (Å²) in [4.78, 5) is 16.0. The van der Waals surface area contributed by atoms with Crippen LogP contribution in [0.15, 0.2) is 66.5 Å². The molecule has 0 aliphatic heterocycles. The Balaban J connectivity index is 1.87. The number of aromatic carboxylic acids is 1. The number of halogens is 3. The van der Waals surface area contributed by atoms with E-state index in [4.69, 9.17) is 17.3 Å². The fourth-order valence-electron chi connectivity index (χ4n) is 3.52. The highest BCUT2D eigenvalue weighted by Crippen LogP contribution is 2.44. The van der Waals surface area contributed by atoms with Gasteiger partial charge in [-0.25, -0.2) is 18.6 Å². The predicted molar refractivity (Wildman–Crippen MR) is 109 cm³/mol. The van der Waals surface area contributed by atoms with Crippen molar-refractivity contribution >= 4 is 39.7 Å². The zero-order chi connectivity index (χ0) is 20.8. The number of rotatable bonds is 3. The molecule has 0 amide bonds. The van der Waals surface area contributed by atoms with Crippen LogP contribution in [0.3, 0.4) is 0 Å². The van der Waals surface area contributed by atoms with Crippen molar-refractivity contribution in [1.29, 1.82) is 0 Å². The van der Waals surface area contributed by atoms with Crippen molar-refractivity contribution in [2.24, 2.45) is 0 Å². The quantitative estimate of drug-likeness (QED) is 0.580. The summed E-state index contributed by atoms with van der Waals surface area (Å²) in [6, 6.07) is 13.2. The Morgan fingerprint density at radius 2 is 1.93 bits per heavy atom. The number of aromatic nitrogens is 1. The van der Waals surface area contributed by atoms with Crippen LogP contribution in [0.5, 0.6) is 0 Å². The molecule has 4 nitrogen and oxygen atoms in total. The Morgan fingerprint density at radius 1 is 1.21 bits per heavy atom. The van der Waals surface area contributed by atoms with Gasteiger partial charge >= 0.3 is 5.97 Å². The van der Waals surface area contributed by atoms with Gasteiger partial charge in [0.1, 0.15) is 11.5 Å². The van der Waals surface area contributed by atoms with Crippen LogP contribution in [0.1, 0.15) is 28.0 Å². The van der Waals surface area contributed by atoms with Gasteiger partial charge in [-0.1, -0.05) is 48.0 Å². The lowest BCUT2D eigenvalue weighted by Gasteiger charge is -2.27. The summed E-state index contributed by atoms with van der Waals surface area (Å²) >= 11 is 5.95. The van der Waals surface area contributed by atoms with Crippen LogP contribution in [0.4, 0.5) is 14.5 Å². The second-order valence-corrected chi connectivity index (χ2v) is 7.21. The topological polar surface area (TPSA) is 76.2 Å².